The third kappa shape index (κ3) is 4.10. The van der Waals surface area contributed by atoms with Crippen LogP contribution in [0.5, 0.6) is 0 Å². The van der Waals surface area contributed by atoms with Crippen molar-refractivity contribution in [1.82, 2.24) is 14.9 Å². The maximum absolute atomic E-state index is 15.1. The van der Waals surface area contributed by atoms with E-state index >= 15 is 4.39 Å². The van der Waals surface area contributed by atoms with E-state index in [0.717, 1.165) is 0 Å². The summed E-state index contributed by atoms with van der Waals surface area (Å²) in [4.78, 5) is 21.1. The zero-order valence-electron chi connectivity index (χ0n) is 13.5. The van der Waals surface area contributed by atoms with E-state index in [-0.39, 0.29) is 40.3 Å². The maximum atomic E-state index is 15.1. The van der Waals surface area contributed by atoms with E-state index in [1.165, 1.54) is 28.9 Å². The van der Waals surface area contributed by atoms with Gasteiger partial charge < -0.3 is 10.4 Å². The van der Waals surface area contributed by atoms with Crippen molar-refractivity contribution in [3.05, 3.63) is 57.2 Å². The van der Waals surface area contributed by atoms with Crippen molar-refractivity contribution in [3.8, 4) is 0 Å². The van der Waals surface area contributed by atoms with E-state index in [1.807, 2.05) is 0 Å². The number of hydrogen-bond donors (Lipinski definition) is 3. The topological polar surface area (TPSA) is 87.9 Å². The number of hydroxylamine groups is 1. The van der Waals surface area contributed by atoms with E-state index in [1.54, 1.807) is 6.07 Å². The highest BCUT2D eigenvalue weighted by Crippen LogP contribution is 2.33. The number of halogens is 4. The minimum Gasteiger partial charge on any atom is -0.394 e. The molecule has 0 saturated heterocycles. The Morgan fingerprint density at radius 2 is 2.11 bits per heavy atom. The van der Waals surface area contributed by atoms with Gasteiger partial charge in [0.15, 0.2) is 11.5 Å². The number of aliphatic hydroxyl groups excluding tert-OH is 1. The molecule has 2 aromatic heterocycles. The van der Waals surface area contributed by atoms with Crippen molar-refractivity contribution >= 4 is 57.7 Å². The number of nitrogens with one attached hydrogen (secondary N) is 2. The normalized spacial score (nSPS) is 11.0. The first-order valence-corrected chi connectivity index (χ1v) is 8.66. The van der Waals surface area contributed by atoms with Crippen LogP contribution in [0.4, 0.5) is 15.8 Å². The van der Waals surface area contributed by atoms with Crippen LogP contribution in [0.15, 0.2) is 30.6 Å². The first kappa shape index (κ1) is 19.7. The molecule has 27 heavy (non-hydrogen) atoms. The average Bonchev–Trinajstić information content (AvgIpc) is 3.00. The molecule has 0 fully saturated rings. The SMILES string of the molecule is O=C(NOCCO)c1cn2c(Cl)cnc2c(F)c1Nc1ccc(Cl)cc1Cl. The number of hydrogen-bond acceptors (Lipinski definition) is 5. The molecule has 0 saturated carbocycles. The quantitative estimate of drug-likeness (QED) is 0.406. The second-order valence-corrected chi connectivity index (χ2v) is 6.49. The fourth-order valence-electron chi connectivity index (χ4n) is 2.29. The Balaban J connectivity index is 2.09. The van der Waals surface area contributed by atoms with Crippen LogP contribution in [-0.2, 0) is 4.84 Å². The summed E-state index contributed by atoms with van der Waals surface area (Å²) in [5.41, 5.74) is 2.06. The lowest BCUT2D eigenvalue weighted by molar-refractivity contribution is 0.0168. The molecule has 1 aromatic carbocycles. The second kappa shape index (κ2) is 8.28. The Hall–Kier alpha value is -2.10. The van der Waals surface area contributed by atoms with Gasteiger partial charge in [0.25, 0.3) is 5.91 Å². The highest BCUT2D eigenvalue weighted by Gasteiger charge is 2.22. The molecule has 3 aromatic rings. The minimum atomic E-state index is -0.817. The lowest BCUT2D eigenvalue weighted by Crippen LogP contribution is -2.26. The number of rotatable bonds is 6. The fraction of sp³-hybridized carbons (Fsp3) is 0.125. The van der Waals surface area contributed by atoms with Gasteiger partial charge in [0.05, 0.1) is 41.4 Å². The first-order chi connectivity index (χ1) is 12.9. The van der Waals surface area contributed by atoms with Gasteiger partial charge in [-0.3, -0.25) is 14.0 Å². The third-order valence-electron chi connectivity index (χ3n) is 3.49. The van der Waals surface area contributed by atoms with Gasteiger partial charge in [0.2, 0.25) is 0 Å². The molecular weight excluding hydrogens is 422 g/mol. The summed E-state index contributed by atoms with van der Waals surface area (Å²) in [5.74, 6) is -1.58. The monoisotopic (exact) mass is 432 g/mol. The number of fused-ring (bicyclic) bond motifs is 1. The van der Waals surface area contributed by atoms with Crippen LogP contribution in [0, 0.1) is 5.82 Å². The van der Waals surface area contributed by atoms with Gasteiger partial charge in [-0.2, -0.15) is 0 Å². The molecule has 1 amide bonds. The standard InChI is InChI=1S/C16H12Cl3FN4O3/c17-8-1-2-11(10(18)5-8)22-14-9(16(26)23-27-4-3-25)7-24-12(19)6-21-15(24)13(14)20/h1-2,5-7,22,25H,3-4H2,(H,23,26). The molecule has 0 atom stereocenters. The van der Waals surface area contributed by atoms with E-state index in [2.05, 4.69) is 15.8 Å². The van der Waals surface area contributed by atoms with Gasteiger partial charge in [-0.1, -0.05) is 34.8 Å². The van der Waals surface area contributed by atoms with Crippen molar-refractivity contribution in [2.24, 2.45) is 0 Å². The number of imidazole rings is 1. The van der Waals surface area contributed by atoms with Crippen LogP contribution in [0.1, 0.15) is 10.4 Å². The number of pyridine rings is 1. The Kier molecular flexibility index (Phi) is 6.03. The summed E-state index contributed by atoms with van der Waals surface area (Å²) in [6.07, 6.45) is 2.56. The van der Waals surface area contributed by atoms with Crippen LogP contribution >= 0.6 is 34.8 Å². The Morgan fingerprint density at radius 1 is 1.33 bits per heavy atom. The number of carbonyl (C=O) groups excluding carboxylic acids is 1. The largest absolute Gasteiger partial charge is 0.394 e. The molecular formula is C16H12Cl3FN4O3. The zero-order valence-corrected chi connectivity index (χ0v) is 15.7. The molecule has 2 heterocycles. The van der Waals surface area contributed by atoms with Crippen molar-refractivity contribution < 1.29 is 19.1 Å². The molecule has 142 valence electrons. The summed E-state index contributed by atoms with van der Waals surface area (Å²) < 4.78 is 16.3. The smallest absolute Gasteiger partial charge is 0.278 e. The van der Waals surface area contributed by atoms with E-state index in [4.69, 9.17) is 44.7 Å². The molecule has 0 radical (unpaired) electrons. The van der Waals surface area contributed by atoms with Gasteiger partial charge in [-0.05, 0) is 18.2 Å². The van der Waals surface area contributed by atoms with E-state index in [0.29, 0.717) is 10.7 Å². The van der Waals surface area contributed by atoms with Crippen LogP contribution in [0.25, 0.3) is 5.65 Å². The molecule has 0 aliphatic heterocycles. The zero-order chi connectivity index (χ0) is 19.6. The summed E-state index contributed by atoms with van der Waals surface area (Å²) in [5, 5.41) is 12.3. The number of aliphatic hydroxyl groups is 1. The highest BCUT2D eigenvalue weighted by atomic mass is 35.5. The third-order valence-corrected chi connectivity index (χ3v) is 4.32. The van der Waals surface area contributed by atoms with Crippen LogP contribution < -0.4 is 10.8 Å². The van der Waals surface area contributed by atoms with Gasteiger partial charge >= 0.3 is 0 Å². The van der Waals surface area contributed by atoms with Gasteiger partial charge in [0.1, 0.15) is 5.15 Å². The number of amides is 1. The van der Waals surface area contributed by atoms with Crippen molar-refractivity contribution in [3.63, 3.8) is 0 Å². The number of carbonyl (C=O) groups is 1. The fourth-order valence-corrected chi connectivity index (χ4v) is 2.92. The number of nitrogens with zero attached hydrogens (tertiary/aromatic N) is 2. The first-order valence-electron chi connectivity index (χ1n) is 7.52. The predicted octanol–water partition coefficient (Wildman–Crippen LogP) is 3.83. The van der Waals surface area contributed by atoms with Crippen molar-refractivity contribution in [2.75, 3.05) is 18.5 Å². The molecule has 0 aliphatic carbocycles. The second-order valence-electron chi connectivity index (χ2n) is 5.26. The molecule has 3 N–H and O–H groups in total. The highest BCUT2D eigenvalue weighted by molar-refractivity contribution is 6.36. The Morgan fingerprint density at radius 3 is 2.81 bits per heavy atom. The molecule has 3 rings (SSSR count). The van der Waals surface area contributed by atoms with Crippen molar-refractivity contribution in [2.45, 2.75) is 0 Å². The van der Waals surface area contributed by atoms with Crippen LogP contribution in [0.2, 0.25) is 15.2 Å². The number of aromatic nitrogens is 2. The lowest BCUT2D eigenvalue weighted by Gasteiger charge is -2.15. The van der Waals surface area contributed by atoms with Crippen LogP contribution in [-0.4, -0.2) is 33.6 Å². The Bertz CT molecular complexity index is 1010. The van der Waals surface area contributed by atoms with Crippen molar-refractivity contribution in [1.29, 1.82) is 0 Å². The molecule has 11 heteroatoms. The Labute approximate surface area is 167 Å². The summed E-state index contributed by atoms with van der Waals surface area (Å²) in [6.45, 7) is -0.430. The summed E-state index contributed by atoms with van der Waals surface area (Å²) >= 11 is 18.0. The van der Waals surface area contributed by atoms with E-state index < -0.39 is 11.7 Å². The summed E-state index contributed by atoms with van der Waals surface area (Å²) in [6, 6.07) is 4.57. The van der Waals surface area contributed by atoms with Gasteiger partial charge in [-0.15, -0.1) is 0 Å². The molecule has 0 aliphatic rings. The average molecular weight is 434 g/mol. The lowest BCUT2D eigenvalue weighted by atomic mass is 10.2. The number of benzene rings is 1. The minimum absolute atomic E-state index is 0.0830. The summed E-state index contributed by atoms with van der Waals surface area (Å²) in [7, 11) is 0. The predicted molar refractivity (Wildman–Crippen MR) is 100 cm³/mol. The van der Waals surface area contributed by atoms with E-state index in [9.17, 15) is 4.79 Å². The van der Waals surface area contributed by atoms with Gasteiger partial charge in [0, 0.05) is 11.2 Å². The van der Waals surface area contributed by atoms with Gasteiger partial charge in [-0.25, -0.2) is 14.9 Å². The molecule has 0 unspecified atom stereocenters. The number of anilines is 2. The molecule has 7 nitrogen and oxygen atoms in total. The molecule has 0 spiro atoms. The van der Waals surface area contributed by atoms with Crippen LogP contribution in [0.3, 0.4) is 0 Å². The maximum Gasteiger partial charge on any atom is 0.278 e. The molecule has 0 bridgehead atoms.